The van der Waals surface area contributed by atoms with Crippen LogP contribution in [0.3, 0.4) is 0 Å². The summed E-state index contributed by atoms with van der Waals surface area (Å²) in [5, 5.41) is 7.56. The second kappa shape index (κ2) is 7.08. The summed E-state index contributed by atoms with van der Waals surface area (Å²) < 4.78 is 0. The van der Waals surface area contributed by atoms with Crippen LogP contribution in [0.2, 0.25) is 0 Å². The molecule has 3 heterocycles. The van der Waals surface area contributed by atoms with Crippen molar-refractivity contribution in [2.45, 2.75) is 45.1 Å². The molecule has 0 unspecified atom stereocenters. The van der Waals surface area contributed by atoms with Crippen molar-refractivity contribution in [1.82, 2.24) is 25.0 Å². The Balaban J connectivity index is 1.63. The predicted octanol–water partition coefficient (Wildman–Crippen LogP) is 2.63. The predicted molar refractivity (Wildman–Crippen MR) is 105 cm³/mol. The zero-order valence-corrected chi connectivity index (χ0v) is 16.5. The number of fused-ring (bicyclic) bond motifs is 1. The lowest BCUT2D eigenvalue weighted by Crippen LogP contribution is -2.42. The van der Waals surface area contributed by atoms with Gasteiger partial charge in [-0.3, -0.25) is 14.8 Å². The minimum atomic E-state index is -0.169. The van der Waals surface area contributed by atoms with Crippen LogP contribution in [-0.2, 0) is 5.41 Å². The number of aromatic amines is 1. The van der Waals surface area contributed by atoms with Gasteiger partial charge < -0.3 is 4.90 Å². The van der Waals surface area contributed by atoms with Crippen LogP contribution < -0.4 is 0 Å². The van der Waals surface area contributed by atoms with Crippen molar-refractivity contribution in [2.24, 2.45) is 5.92 Å². The van der Waals surface area contributed by atoms with Crippen molar-refractivity contribution in [3.63, 3.8) is 0 Å². The van der Waals surface area contributed by atoms with Crippen LogP contribution in [0.4, 0.5) is 0 Å². The first-order chi connectivity index (χ1) is 13.1. The average molecular weight is 367 g/mol. The fraction of sp³-hybridized carbons (Fsp3) is 0.571. The molecule has 1 aromatic carbocycles. The minimum Gasteiger partial charge on any atom is -0.337 e. The van der Waals surface area contributed by atoms with Crippen molar-refractivity contribution < 1.29 is 4.79 Å². The van der Waals surface area contributed by atoms with Gasteiger partial charge >= 0.3 is 0 Å². The van der Waals surface area contributed by atoms with E-state index in [1.807, 2.05) is 42.2 Å². The SMILES string of the molecule is CCC(CC)N1C[C@@H]2CN(C(=O)c3ccccc3)C[C@]2(c2n[nH]c(C)n2)C1. The maximum Gasteiger partial charge on any atom is 0.253 e. The molecule has 2 fully saturated rings. The van der Waals surface area contributed by atoms with E-state index in [0.29, 0.717) is 18.5 Å². The number of likely N-dealkylation sites (tertiary alicyclic amines) is 2. The number of aryl methyl sites for hydroxylation is 1. The van der Waals surface area contributed by atoms with E-state index in [4.69, 9.17) is 4.98 Å². The Morgan fingerprint density at radius 3 is 2.59 bits per heavy atom. The van der Waals surface area contributed by atoms with Gasteiger partial charge in [0.2, 0.25) is 0 Å². The quantitative estimate of drug-likeness (QED) is 0.882. The number of nitrogens with zero attached hydrogens (tertiary/aromatic N) is 4. The van der Waals surface area contributed by atoms with E-state index in [1.54, 1.807) is 0 Å². The number of rotatable bonds is 5. The second-order valence-electron chi connectivity index (χ2n) is 8.05. The first-order valence-electron chi connectivity index (χ1n) is 10.0. The Labute approximate surface area is 161 Å². The number of H-pyrrole nitrogens is 1. The highest BCUT2D eigenvalue weighted by Crippen LogP contribution is 2.45. The Morgan fingerprint density at radius 2 is 1.96 bits per heavy atom. The fourth-order valence-electron chi connectivity index (χ4n) is 4.99. The number of nitrogens with one attached hydrogen (secondary N) is 1. The van der Waals surface area contributed by atoms with Crippen LogP contribution in [0.1, 0.15) is 48.7 Å². The average Bonchev–Trinajstić information content (AvgIpc) is 3.35. The number of carbonyl (C=O) groups is 1. The first-order valence-corrected chi connectivity index (χ1v) is 10.0. The number of hydrogen-bond acceptors (Lipinski definition) is 4. The molecule has 27 heavy (non-hydrogen) atoms. The standard InChI is InChI=1S/C21H29N5O/c1-4-18(5-2)25-11-17-12-26(19(27)16-9-7-6-8-10-16)14-21(17,13-25)20-22-15(3)23-24-20/h6-10,17-18H,4-5,11-14H2,1-3H3,(H,22,23,24)/t17-,21-/m1/s1. The Kier molecular flexibility index (Phi) is 4.76. The van der Waals surface area contributed by atoms with E-state index in [-0.39, 0.29) is 11.3 Å². The summed E-state index contributed by atoms with van der Waals surface area (Å²) in [7, 11) is 0. The Hall–Kier alpha value is -2.21. The molecule has 2 aromatic rings. The molecule has 2 aliphatic rings. The molecule has 1 N–H and O–H groups in total. The molecule has 4 rings (SSSR count). The molecule has 0 aliphatic carbocycles. The molecule has 0 bridgehead atoms. The molecular formula is C21H29N5O. The van der Waals surface area contributed by atoms with Gasteiger partial charge in [0.25, 0.3) is 5.91 Å². The number of aromatic nitrogens is 3. The highest BCUT2D eigenvalue weighted by atomic mass is 16.2. The van der Waals surface area contributed by atoms with E-state index in [1.165, 1.54) is 0 Å². The third kappa shape index (κ3) is 3.06. The zero-order chi connectivity index (χ0) is 19.0. The van der Waals surface area contributed by atoms with Gasteiger partial charge in [-0.2, -0.15) is 5.10 Å². The van der Waals surface area contributed by atoms with Gasteiger partial charge in [0.05, 0.1) is 5.41 Å². The molecule has 0 radical (unpaired) electrons. The summed E-state index contributed by atoms with van der Waals surface area (Å²) in [4.78, 5) is 22.4. The Bertz CT molecular complexity index is 800. The van der Waals surface area contributed by atoms with Crippen LogP contribution in [0, 0.1) is 12.8 Å². The fourth-order valence-corrected chi connectivity index (χ4v) is 4.99. The van der Waals surface area contributed by atoms with Crippen LogP contribution in [-0.4, -0.2) is 63.1 Å². The number of carbonyl (C=O) groups excluding carboxylic acids is 1. The maximum absolute atomic E-state index is 13.0. The van der Waals surface area contributed by atoms with Gasteiger partial charge in [0.15, 0.2) is 5.82 Å². The van der Waals surface area contributed by atoms with Crippen molar-refractivity contribution in [3.05, 3.63) is 47.5 Å². The molecule has 6 nitrogen and oxygen atoms in total. The van der Waals surface area contributed by atoms with Gasteiger partial charge in [0.1, 0.15) is 5.82 Å². The summed E-state index contributed by atoms with van der Waals surface area (Å²) in [6.07, 6.45) is 2.30. The van der Waals surface area contributed by atoms with E-state index in [2.05, 4.69) is 28.9 Å². The monoisotopic (exact) mass is 367 g/mol. The maximum atomic E-state index is 13.0. The number of amides is 1. The molecule has 1 amide bonds. The summed E-state index contributed by atoms with van der Waals surface area (Å²) >= 11 is 0. The molecule has 144 valence electrons. The number of hydrogen-bond donors (Lipinski definition) is 1. The van der Waals surface area contributed by atoms with E-state index >= 15 is 0 Å². The van der Waals surface area contributed by atoms with Gasteiger partial charge in [0, 0.05) is 43.7 Å². The molecule has 0 saturated carbocycles. The molecule has 2 atom stereocenters. The van der Waals surface area contributed by atoms with E-state index in [0.717, 1.165) is 49.7 Å². The highest BCUT2D eigenvalue weighted by Gasteiger charge is 2.57. The van der Waals surface area contributed by atoms with Crippen LogP contribution in [0.5, 0.6) is 0 Å². The van der Waals surface area contributed by atoms with Crippen molar-refractivity contribution in [2.75, 3.05) is 26.2 Å². The summed E-state index contributed by atoms with van der Waals surface area (Å²) in [5.74, 6) is 2.21. The number of benzene rings is 1. The van der Waals surface area contributed by atoms with Crippen molar-refractivity contribution in [1.29, 1.82) is 0 Å². The summed E-state index contributed by atoms with van der Waals surface area (Å²) in [6.45, 7) is 9.88. The van der Waals surface area contributed by atoms with E-state index < -0.39 is 0 Å². The zero-order valence-electron chi connectivity index (χ0n) is 16.5. The molecule has 2 saturated heterocycles. The largest absolute Gasteiger partial charge is 0.337 e. The van der Waals surface area contributed by atoms with E-state index in [9.17, 15) is 4.79 Å². The summed E-state index contributed by atoms with van der Waals surface area (Å²) in [5.41, 5.74) is 0.591. The van der Waals surface area contributed by atoms with Crippen molar-refractivity contribution >= 4 is 5.91 Å². The molecule has 2 aliphatic heterocycles. The molecule has 6 heteroatoms. The molecular weight excluding hydrogens is 338 g/mol. The topological polar surface area (TPSA) is 65.1 Å². The van der Waals surface area contributed by atoms with Gasteiger partial charge in [-0.25, -0.2) is 4.98 Å². The third-order valence-electron chi connectivity index (χ3n) is 6.44. The van der Waals surface area contributed by atoms with Gasteiger partial charge in [-0.05, 0) is 31.9 Å². The van der Waals surface area contributed by atoms with Crippen LogP contribution in [0.15, 0.2) is 30.3 Å². The normalized spacial score (nSPS) is 25.3. The minimum absolute atomic E-state index is 0.116. The second-order valence-corrected chi connectivity index (χ2v) is 8.05. The molecule has 0 spiro atoms. The lowest BCUT2D eigenvalue weighted by molar-refractivity contribution is 0.0763. The smallest absolute Gasteiger partial charge is 0.253 e. The lowest BCUT2D eigenvalue weighted by atomic mass is 9.80. The van der Waals surface area contributed by atoms with Gasteiger partial charge in [-0.15, -0.1) is 0 Å². The Morgan fingerprint density at radius 1 is 1.22 bits per heavy atom. The highest BCUT2D eigenvalue weighted by molar-refractivity contribution is 5.94. The third-order valence-corrected chi connectivity index (χ3v) is 6.44. The molecule has 1 aromatic heterocycles. The van der Waals surface area contributed by atoms with Gasteiger partial charge in [-0.1, -0.05) is 32.0 Å². The van der Waals surface area contributed by atoms with Crippen LogP contribution in [0.25, 0.3) is 0 Å². The lowest BCUT2D eigenvalue weighted by Gasteiger charge is -2.30. The first kappa shape index (κ1) is 18.2. The van der Waals surface area contributed by atoms with Crippen molar-refractivity contribution in [3.8, 4) is 0 Å². The summed E-state index contributed by atoms with van der Waals surface area (Å²) in [6, 6.07) is 10.2. The van der Waals surface area contributed by atoms with Crippen LogP contribution >= 0.6 is 0 Å².